The van der Waals surface area contributed by atoms with Crippen LogP contribution in [0.4, 0.5) is 5.13 Å². The molecule has 206 valence electrons. The third-order valence-corrected chi connectivity index (χ3v) is 7.79. The molecular formula is C32H20Cl2N4O3S. The smallest absolute Gasteiger partial charge is 0.338 e. The van der Waals surface area contributed by atoms with E-state index in [9.17, 15) is 9.59 Å². The van der Waals surface area contributed by atoms with E-state index in [1.54, 1.807) is 41.8 Å². The molecule has 0 radical (unpaired) electrons. The highest BCUT2D eigenvalue weighted by molar-refractivity contribution is 7.14. The quantitative estimate of drug-likeness (QED) is 0.183. The molecule has 0 aliphatic heterocycles. The minimum absolute atomic E-state index is 0.257. The van der Waals surface area contributed by atoms with Crippen LogP contribution < -0.4 is 5.32 Å². The van der Waals surface area contributed by atoms with E-state index >= 15 is 0 Å². The van der Waals surface area contributed by atoms with Crippen LogP contribution in [0.2, 0.25) is 10.0 Å². The van der Waals surface area contributed by atoms with Crippen molar-refractivity contribution < 1.29 is 14.3 Å². The number of ether oxygens (including phenoxy) is 1. The van der Waals surface area contributed by atoms with Crippen LogP contribution in [0.3, 0.4) is 0 Å². The number of anilines is 1. The van der Waals surface area contributed by atoms with Crippen molar-refractivity contribution in [3.05, 3.63) is 118 Å². The van der Waals surface area contributed by atoms with Gasteiger partial charge in [0.2, 0.25) is 0 Å². The summed E-state index contributed by atoms with van der Waals surface area (Å²) < 4.78 is 5.28. The fraction of sp³-hybridized carbons (Fsp3) is 0.0312. The summed E-state index contributed by atoms with van der Waals surface area (Å²) in [6, 6.07) is 29.7. The van der Waals surface area contributed by atoms with Gasteiger partial charge in [0.15, 0.2) is 11.7 Å². The Bertz CT molecular complexity index is 1930. The zero-order chi connectivity index (χ0) is 29.1. The number of benzene rings is 4. The molecule has 0 saturated carbocycles. The largest absolute Gasteiger partial charge is 0.452 e. The summed E-state index contributed by atoms with van der Waals surface area (Å²) in [6.07, 6.45) is 0. The lowest BCUT2D eigenvalue weighted by Gasteiger charge is -2.11. The van der Waals surface area contributed by atoms with Crippen molar-refractivity contribution >= 4 is 62.6 Å². The monoisotopic (exact) mass is 610 g/mol. The number of thiazole rings is 1. The first-order chi connectivity index (χ1) is 20.4. The van der Waals surface area contributed by atoms with E-state index in [-0.39, 0.29) is 5.56 Å². The van der Waals surface area contributed by atoms with Gasteiger partial charge < -0.3 is 4.74 Å². The van der Waals surface area contributed by atoms with Crippen molar-refractivity contribution in [2.75, 3.05) is 11.9 Å². The normalized spacial score (nSPS) is 10.9. The Kier molecular flexibility index (Phi) is 7.92. The second-order valence-electron chi connectivity index (χ2n) is 9.15. The first kappa shape index (κ1) is 27.5. The van der Waals surface area contributed by atoms with Crippen molar-refractivity contribution in [3.63, 3.8) is 0 Å². The lowest BCUT2D eigenvalue weighted by atomic mass is 10.0. The number of nitrogens with one attached hydrogen (secondary N) is 1. The minimum Gasteiger partial charge on any atom is -0.452 e. The summed E-state index contributed by atoms with van der Waals surface area (Å²) in [5.74, 6) is -1.17. The molecule has 2 heterocycles. The molecule has 0 spiro atoms. The van der Waals surface area contributed by atoms with Crippen LogP contribution in [0.1, 0.15) is 10.4 Å². The molecule has 0 atom stereocenters. The maximum atomic E-state index is 12.9. The number of carbonyl (C=O) groups excluding carboxylic acids is 2. The van der Waals surface area contributed by atoms with E-state index in [0.29, 0.717) is 37.6 Å². The van der Waals surface area contributed by atoms with Gasteiger partial charge in [0.25, 0.3) is 5.91 Å². The van der Waals surface area contributed by atoms with Crippen molar-refractivity contribution in [2.45, 2.75) is 0 Å². The molecule has 6 aromatic rings. The number of rotatable bonds is 7. The Hall–Kier alpha value is -4.63. The fourth-order valence-corrected chi connectivity index (χ4v) is 5.30. The second-order valence-corrected chi connectivity index (χ2v) is 10.8. The van der Waals surface area contributed by atoms with Gasteiger partial charge in [-0.15, -0.1) is 11.3 Å². The van der Waals surface area contributed by atoms with Gasteiger partial charge in [-0.05, 0) is 30.3 Å². The average molecular weight is 612 g/mol. The van der Waals surface area contributed by atoms with Crippen LogP contribution in [0.5, 0.6) is 0 Å². The summed E-state index contributed by atoms with van der Waals surface area (Å²) in [5.41, 5.74) is 6.09. The van der Waals surface area contributed by atoms with Crippen LogP contribution >= 0.6 is 34.5 Å². The van der Waals surface area contributed by atoms with Gasteiger partial charge in [-0.25, -0.2) is 19.7 Å². The van der Waals surface area contributed by atoms with Crippen LogP contribution in [-0.4, -0.2) is 33.4 Å². The maximum Gasteiger partial charge on any atom is 0.338 e. The molecule has 0 fully saturated rings. The van der Waals surface area contributed by atoms with Crippen molar-refractivity contribution in [2.24, 2.45) is 0 Å². The Morgan fingerprint density at radius 2 is 1.38 bits per heavy atom. The lowest BCUT2D eigenvalue weighted by molar-refractivity contribution is -0.119. The molecule has 7 nitrogen and oxygen atoms in total. The molecule has 10 heteroatoms. The third kappa shape index (κ3) is 6.01. The number of halogens is 2. The Morgan fingerprint density at radius 1 is 0.714 bits per heavy atom. The van der Waals surface area contributed by atoms with E-state index in [4.69, 9.17) is 37.9 Å². The Labute approximate surface area is 254 Å². The summed E-state index contributed by atoms with van der Waals surface area (Å²) in [5, 5.41) is 5.65. The Morgan fingerprint density at radius 3 is 2.05 bits per heavy atom. The van der Waals surface area contributed by atoms with E-state index in [1.165, 1.54) is 11.3 Å². The van der Waals surface area contributed by atoms with Crippen LogP contribution in [0.25, 0.3) is 44.8 Å². The van der Waals surface area contributed by atoms with Gasteiger partial charge in [0.05, 0.1) is 43.7 Å². The van der Waals surface area contributed by atoms with Crippen LogP contribution in [0, 0.1) is 0 Å². The summed E-state index contributed by atoms with van der Waals surface area (Å²) >= 11 is 13.3. The minimum atomic E-state index is -0.655. The van der Waals surface area contributed by atoms with Gasteiger partial charge in [-0.1, -0.05) is 89.9 Å². The standard InChI is InChI=1S/C32H20Cl2N4O3S/c33-23-13-11-21(15-24(23)34)27-18-42-32(37-27)38-28(39)17-41-31(40)22-12-14-25-26(16-22)36-30(20-9-5-2-6-10-20)29(35-25)19-7-3-1-4-8-19/h1-16,18H,17H2,(H,37,38,39). The van der Waals surface area contributed by atoms with E-state index in [1.807, 2.05) is 60.7 Å². The molecule has 2 aromatic heterocycles. The van der Waals surface area contributed by atoms with Gasteiger partial charge in [0, 0.05) is 22.1 Å². The maximum absolute atomic E-state index is 12.9. The molecule has 1 amide bonds. The van der Waals surface area contributed by atoms with Crippen molar-refractivity contribution in [3.8, 4) is 33.8 Å². The molecule has 1 N–H and O–H groups in total. The summed E-state index contributed by atoms with van der Waals surface area (Å²) in [6.45, 7) is -0.480. The van der Waals surface area contributed by atoms with Crippen molar-refractivity contribution in [1.82, 2.24) is 15.0 Å². The number of carbonyl (C=O) groups is 2. The highest BCUT2D eigenvalue weighted by atomic mass is 35.5. The molecule has 0 aliphatic carbocycles. The number of hydrogen-bond donors (Lipinski definition) is 1. The zero-order valence-corrected chi connectivity index (χ0v) is 24.1. The van der Waals surface area contributed by atoms with Gasteiger partial charge in [0.1, 0.15) is 0 Å². The molecule has 0 aliphatic rings. The second kappa shape index (κ2) is 12.1. The molecule has 6 rings (SSSR count). The van der Waals surface area contributed by atoms with E-state index < -0.39 is 18.5 Å². The third-order valence-electron chi connectivity index (χ3n) is 6.29. The highest BCUT2D eigenvalue weighted by Crippen LogP contribution is 2.32. The van der Waals surface area contributed by atoms with E-state index in [0.717, 1.165) is 22.4 Å². The zero-order valence-electron chi connectivity index (χ0n) is 21.8. The SMILES string of the molecule is O=C(COC(=O)c1ccc2nc(-c3ccccc3)c(-c3ccccc3)nc2c1)Nc1nc(-c2ccc(Cl)c(Cl)c2)cs1. The van der Waals surface area contributed by atoms with Crippen LogP contribution in [-0.2, 0) is 9.53 Å². The number of fused-ring (bicyclic) bond motifs is 1. The number of esters is 1. The van der Waals surface area contributed by atoms with Gasteiger partial charge in [-0.3, -0.25) is 10.1 Å². The topological polar surface area (TPSA) is 94.1 Å². The van der Waals surface area contributed by atoms with Gasteiger partial charge in [-0.2, -0.15) is 0 Å². The fourth-order valence-electron chi connectivity index (χ4n) is 4.26. The van der Waals surface area contributed by atoms with Gasteiger partial charge >= 0.3 is 5.97 Å². The molecule has 0 unspecified atom stereocenters. The molecule has 0 saturated heterocycles. The number of aromatic nitrogens is 3. The van der Waals surface area contributed by atoms with Crippen molar-refractivity contribution in [1.29, 1.82) is 0 Å². The lowest BCUT2D eigenvalue weighted by Crippen LogP contribution is -2.20. The summed E-state index contributed by atoms with van der Waals surface area (Å²) in [4.78, 5) is 39.5. The number of hydrogen-bond acceptors (Lipinski definition) is 7. The van der Waals surface area contributed by atoms with E-state index in [2.05, 4.69) is 10.3 Å². The number of nitrogens with zero attached hydrogens (tertiary/aromatic N) is 3. The Balaban J connectivity index is 1.17. The molecule has 42 heavy (non-hydrogen) atoms. The molecule has 4 aromatic carbocycles. The molecular weight excluding hydrogens is 591 g/mol. The average Bonchev–Trinajstić information content (AvgIpc) is 3.49. The predicted molar refractivity (Wildman–Crippen MR) is 167 cm³/mol. The molecule has 0 bridgehead atoms. The highest BCUT2D eigenvalue weighted by Gasteiger charge is 2.17. The first-order valence-corrected chi connectivity index (χ1v) is 14.4. The number of amides is 1. The first-order valence-electron chi connectivity index (χ1n) is 12.8. The van der Waals surface area contributed by atoms with Crippen LogP contribution in [0.15, 0.2) is 102 Å². The predicted octanol–water partition coefficient (Wildman–Crippen LogP) is 8.19. The summed E-state index contributed by atoms with van der Waals surface area (Å²) in [7, 11) is 0.